The van der Waals surface area contributed by atoms with Gasteiger partial charge in [-0.25, -0.2) is 0 Å². The Labute approximate surface area is 147 Å². The summed E-state index contributed by atoms with van der Waals surface area (Å²) in [6, 6.07) is 0. The highest BCUT2D eigenvalue weighted by Gasteiger charge is 2.57. The maximum Gasteiger partial charge on any atom is 0.302 e. The number of hydrogen-bond donors (Lipinski definition) is 2. The van der Waals surface area contributed by atoms with Gasteiger partial charge in [-0.2, -0.15) is 0 Å². The number of ether oxygens (including phenoxy) is 1. The number of fused-ring (bicyclic) bond motifs is 1. The Morgan fingerprint density at radius 3 is 2.67 bits per heavy atom. The van der Waals surface area contributed by atoms with Crippen LogP contribution in [-0.2, 0) is 9.53 Å². The highest BCUT2D eigenvalue weighted by atomic mass is 16.5. The Kier molecular flexibility index (Phi) is 6.02. The molecule has 4 nitrogen and oxygen atoms in total. The van der Waals surface area contributed by atoms with E-state index in [1.807, 2.05) is 13.8 Å². The molecule has 0 radical (unpaired) electrons. The van der Waals surface area contributed by atoms with Crippen LogP contribution in [0.4, 0.5) is 0 Å². The van der Waals surface area contributed by atoms with Crippen LogP contribution in [0.1, 0.15) is 79.6 Å². The zero-order valence-corrected chi connectivity index (χ0v) is 16.0. The fourth-order valence-corrected chi connectivity index (χ4v) is 5.57. The molecule has 0 amide bonds. The lowest BCUT2D eigenvalue weighted by Gasteiger charge is -2.45. The molecular weight excluding hydrogens is 304 g/mol. The molecule has 2 aliphatic rings. The van der Waals surface area contributed by atoms with Crippen LogP contribution < -0.4 is 0 Å². The molecule has 2 aliphatic carbocycles. The van der Waals surface area contributed by atoms with Gasteiger partial charge in [0.15, 0.2) is 0 Å². The third-order valence-electron chi connectivity index (χ3n) is 6.55. The van der Waals surface area contributed by atoms with Crippen LogP contribution in [0, 0.1) is 23.2 Å². The van der Waals surface area contributed by atoms with Crippen molar-refractivity contribution in [1.82, 2.24) is 0 Å². The molecule has 0 spiro atoms. The number of rotatable bonds is 6. The summed E-state index contributed by atoms with van der Waals surface area (Å²) >= 11 is 0. The van der Waals surface area contributed by atoms with Crippen LogP contribution in [0.5, 0.6) is 0 Å². The summed E-state index contributed by atoms with van der Waals surface area (Å²) in [4.78, 5) is 11.6. The Morgan fingerprint density at radius 2 is 2.08 bits per heavy atom. The van der Waals surface area contributed by atoms with E-state index in [1.54, 1.807) is 0 Å². The molecule has 0 aromatic carbocycles. The second-order valence-electron chi connectivity index (χ2n) is 9.16. The minimum Gasteiger partial charge on any atom is -0.462 e. The van der Waals surface area contributed by atoms with Crippen molar-refractivity contribution in [3.63, 3.8) is 0 Å². The summed E-state index contributed by atoms with van der Waals surface area (Å²) in [5, 5.41) is 20.4. The van der Waals surface area contributed by atoms with E-state index in [2.05, 4.69) is 13.8 Å². The van der Waals surface area contributed by atoms with Gasteiger partial charge in [0.25, 0.3) is 0 Å². The van der Waals surface area contributed by atoms with Crippen LogP contribution in [-0.4, -0.2) is 34.0 Å². The highest BCUT2D eigenvalue weighted by Crippen LogP contribution is 2.59. The van der Waals surface area contributed by atoms with Gasteiger partial charge in [0.05, 0.1) is 11.7 Å². The first kappa shape index (κ1) is 19.7. The fraction of sp³-hybridized carbons (Fsp3) is 0.950. The van der Waals surface area contributed by atoms with E-state index in [0.29, 0.717) is 11.8 Å². The number of carbonyl (C=O) groups is 1. The van der Waals surface area contributed by atoms with Gasteiger partial charge in [-0.15, -0.1) is 0 Å². The SMILES string of the molecule is CC(=O)O[C@@H]1C[C@H]2[C@@H](O)CCC[C@]2(C)[C@H]1[C@H](C)CCCC(C)(C)O. The highest BCUT2D eigenvalue weighted by molar-refractivity contribution is 5.66. The molecule has 0 unspecified atom stereocenters. The van der Waals surface area contributed by atoms with E-state index in [0.717, 1.165) is 44.9 Å². The van der Waals surface area contributed by atoms with Gasteiger partial charge in [0.1, 0.15) is 6.10 Å². The average molecular weight is 341 g/mol. The quantitative estimate of drug-likeness (QED) is 0.724. The van der Waals surface area contributed by atoms with Gasteiger partial charge in [-0.3, -0.25) is 4.79 Å². The molecule has 4 heteroatoms. The van der Waals surface area contributed by atoms with Crippen LogP contribution in [0.25, 0.3) is 0 Å². The topological polar surface area (TPSA) is 66.8 Å². The van der Waals surface area contributed by atoms with Gasteiger partial charge >= 0.3 is 5.97 Å². The summed E-state index contributed by atoms with van der Waals surface area (Å²) in [7, 11) is 0. The van der Waals surface area contributed by atoms with Gasteiger partial charge in [-0.1, -0.05) is 33.1 Å². The van der Waals surface area contributed by atoms with Gasteiger partial charge in [-0.05, 0) is 56.8 Å². The molecule has 0 heterocycles. The monoisotopic (exact) mass is 340 g/mol. The van der Waals surface area contributed by atoms with Crippen LogP contribution >= 0.6 is 0 Å². The lowest BCUT2D eigenvalue weighted by Crippen LogP contribution is -2.43. The maximum absolute atomic E-state index is 11.6. The first-order valence-corrected chi connectivity index (χ1v) is 9.62. The van der Waals surface area contributed by atoms with Gasteiger partial charge in [0.2, 0.25) is 0 Å². The first-order chi connectivity index (χ1) is 11.0. The number of esters is 1. The maximum atomic E-state index is 11.6. The van der Waals surface area contributed by atoms with Crippen molar-refractivity contribution >= 4 is 5.97 Å². The number of hydrogen-bond acceptors (Lipinski definition) is 4. The van der Waals surface area contributed by atoms with E-state index in [4.69, 9.17) is 4.74 Å². The summed E-state index contributed by atoms with van der Waals surface area (Å²) < 4.78 is 5.70. The van der Waals surface area contributed by atoms with Crippen molar-refractivity contribution in [2.75, 3.05) is 0 Å². The summed E-state index contributed by atoms with van der Waals surface area (Å²) in [5.74, 6) is 0.725. The van der Waals surface area contributed by atoms with Crippen molar-refractivity contribution in [3.05, 3.63) is 0 Å². The van der Waals surface area contributed by atoms with Crippen LogP contribution in [0.3, 0.4) is 0 Å². The predicted octanol–water partition coefficient (Wildman–Crippen LogP) is 3.68. The summed E-state index contributed by atoms with van der Waals surface area (Å²) in [5.41, 5.74) is -0.579. The molecule has 0 saturated heterocycles. The molecule has 0 aliphatic heterocycles. The Bertz CT molecular complexity index is 441. The van der Waals surface area contributed by atoms with Gasteiger partial charge in [0, 0.05) is 12.8 Å². The molecule has 2 N–H and O–H groups in total. The lowest BCUT2D eigenvalue weighted by atomic mass is 9.61. The standard InChI is InChI=1S/C20H36O4/c1-13(8-6-10-19(3,4)23)18-17(24-14(2)21)12-15-16(22)9-7-11-20(15,18)5/h13,15-18,22-23H,6-12H2,1-5H3/t13-,15+,16+,17-,18+,20+/m1/s1. The molecule has 2 fully saturated rings. The normalized spacial score (nSPS) is 37.8. The summed E-state index contributed by atoms with van der Waals surface area (Å²) in [6.07, 6.45) is 6.23. The molecule has 0 bridgehead atoms. The van der Waals surface area contributed by atoms with E-state index in [9.17, 15) is 15.0 Å². The molecule has 2 rings (SSSR count). The van der Waals surface area contributed by atoms with E-state index < -0.39 is 5.60 Å². The van der Waals surface area contributed by atoms with Crippen molar-refractivity contribution in [3.8, 4) is 0 Å². The zero-order chi connectivity index (χ0) is 18.1. The molecule has 6 atom stereocenters. The molecule has 140 valence electrons. The fourth-order valence-electron chi connectivity index (χ4n) is 5.57. The third kappa shape index (κ3) is 4.32. The molecule has 2 saturated carbocycles. The van der Waals surface area contributed by atoms with Crippen molar-refractivity contribution in [2.45, 2.75) is 97.4 Å². The minimum atomic E-state index is -0.627. The third-order valence-corrected chi connectivity index (χ3v) is 6.55. The largest absolute Gasteiger partial charge is 0.462 e. The number of aliphatic hydroxyl groups is 2. The lowest BCUT2D eigenvalue weighted by molar-refractivity contribution is -0.150. The smallest absolute Gasteiger partial charge is 0.302 e. The zero-order valence-electron chi connectivity index (χ0n) is 16.0. The second kappa shape index (κ2) is 7.33. The minimum absolute atomic E-state index is 0.0476. The van der Waals surface area contributed by atoms with Crippen LogP contribution in [0.15, 0.2) is 0 Å². The average Bonchev–Trinajstić information content (AvgIpc) is 2.70. The number of carbonyl (C=O) groups excluding carboxylic acids is 1. The molecule has 24 heavy (non-hydrogen) atoms. The van der Waals surface area contributed by atoms with Crippen molar-refractivity contribution < 1.29 is 19.7 Å². The Hall–Kier alpha value is -0.610. The van der Waals surface area contributed by atoms with E-state index >= 15 is 0 Å². The van der Waals surface area contributed by atoms with Crippen molar-refractivity contribution in [2.24, 2.45) is 23.2 Å². The van der Waals surface area contributed by atoms with E-state index in [-0.39, 0.29) is 29.5 Å². The van der Waals surface area contributed by atoms with E-state index in [1.165, 1.54) is 6.92 Å². The molecular formula is C20H36O4. The first-order valence-electron chi connectivity index (χ1n) is 9.62. The Balaban J connectivity index is 2.13. The predicted molar refractivity (Wildman–Crippen MR) is 94.4 cm³/mol. The number of aliphatic hydroxyl groups excluding tert-OH is 1. The summed E-state index contributed by atoms with van der Waals surface area (Å²) in [6.45, 7) is 9.73. The van der Waals surface area contributed by atoms with Crippen LogP contribution in [0.2, 0.25) is 0 Å². The Morgan fingerprint density at radius 1 is 1.42 bits per heavy atom. The van der Waals surface area contributed by atoms with Gasteiger partial charge < -0.3 is 14.9 Å². The molecule has 0 aromatic heterocycles. The molecule has 0 aromatic rings. The second-order valence-corrected chi connectivity index (χ2v) is 9.16. The van der Waals surface area contributed by atoms with Crippen molar-refractivity contribution in [1.29, 1.82) is 0 Å².